The standard InChI is InChI=1S/C15H15N3O.CH2O2/c1-11-10-18(7-8-19-11)14-5-4-12(9-16)15-13(14)3-2-6-17-15;2-1-3/h2-6,11H,7-8,10H2,1H3;1H,(H,2,3). The smallest absolute Gasteiger partial charge is 0.290 e. The number of pyridine rings is 1. The summed E-state index contributed by atoms with van der Waals surface area (Å²) >= 11 is 0. The number of morpholine rings is 1. The summed E-state index contributed by atoms with van der Waals surface area (Å²) in [7, 11) is 0. The first kappa shape index (κ1) is 15.7. The van der Waals surface area contributed by atoms with Crippen molar-refractivity contribution in [1.29, 1.82) is 5.26 Å². The van der Waals surface area contributed by atoms with Crippen LogP contribution < -0.4 is 4.90 Å². The molecule has 22 heavy (non-hydrogen) atoms. The van der Waals surface area contributed by atoms with Gasteiger partial charge in [-0.3, -0.25) is 9.78 Å². The van der Waals surface area contributed by atoms with Gasteiger partial charge in [0.25, 0.3) is 6.47 Å². The number of ether oxygens (including phenoxy) is 1. The molecule has 114 valence electrons. The van der Waals surface area contributed by atoms with E-state index in [0.717, 1.165) is 36.3 Å². The largest absolute Gasteiger partial charge is 0.483 e. The molecule has 1 aromatic heterocycles. The van der Waals surface area contributed by atoms with Crippen LogP contribution in [0.25, 0.3) is 10.9 Å². The SMILES string of the molecule is CC1CN(c2ccc(C#N)c3ncccc23)CCO1.O=CO. The van der Waals surface area contributed by atoms with Crippen LogP contribution in [0.1, 0.15) is 12.5 Å². The maximum absolute atomic E-state index is 9.16. The Morgan fingerprint density at radius 1 is 1.50 bits per heavy atom. The zero-order valence-electron chi connectivity index (χ0n) is 12.3. The number of nitrogens with zero attached hydrogens (tertiary/aromatic N) is 3. The van der Waals surface area contributed by atoms with Crippen LogP contribution in [0.2, 0.25) is 0 Å². The molecular weight excluding hydrogens is 282 g/mol. The average molecular weight is 299 g/mol. The van der Waals surface area contributed by atoms with Gasteiger partial charge in [0, 0.05) is 30.4 Å². The quantitative estimate of drug-likeness (QED) is 0.811. The van der Waals surface area contributed by atoms with Crippen molar-refractivity contribution in [2.45, 2.75) is 13.0 Å². The fraction of sp³-hybridized carbons (Fsp3) is 0.312. The van der Waals surface area contributed by atoms with Crippen LogP contribution in [-0.2, 0) is 9.53 Å². The molecule has 1 atom stereocenters. The van der Waals surface area contributed by atoms with Crippen LogP contribution >= 0.6 is 0 Å². The first-order valence-corrected chi connectivity index (χ1v) is 6.93. The fourth-order valence-electron chi connectivity index (χ4n) is 2.56. The van der Waals surface area contributed by atoms with Crippen LogP contribution in [0, 0.1) is 11.3 Å². The van der Waals surface area contributed by atoms with E-state index in [1.165, 1.54) is 0 Å². The summed E-state index contributed by atoms with van der Waals surface area (Å²) in [4.78, 5) is 15.0. The Labute approximate surface area is 128 Å². The van der Waals surface area contributed by atoms with E-state index in [4.69, 9.17) is 19.9 Å². The summed E-state index contributed by atoms with van der Waals surface area (Å²) in [5.74, 6) is 0. The Bertz CT molecular complexity index is 697. The number of fused-ring (bicyclic) bond motifs is 1. The van der Waals surface area contributed by atoms with Gasteiger partial charge in [0.05, 0.1) is 23.8 Å². The van der Waals surface area contributed by atoms with Crippen molar-refractivity contribution in [1.82, 2.24) is 4.98 Å². The zero-order valence-corrected chi connectivity index (χ0v) is 12.3. The monoisotopic (exact) mass is 299 g/mol. The van der Waals surface area contributed by atoms with Crippen molar-refractivity contribution < 1.29 is 14.6 Å². The van der Waals surface area contributed by atoms with Crippen LogP contribution in [0.3, 0.4) is 0 Å². The molecule has 3 rings (SSSR count). The van der Waals surface area contributed by atoms with Crippen molar-refractivity contribution >= 4 is 23.1 Å². The summed E-state index contributed by atoms with van der Waals surface area (Å²) in [6.45, 7) is 4.31. The molecule has 1 unspecified atom stereocenters. The van der Waals surface area contributed by atoms with E-state index in [2.05, 4.69) is 22.9 Å². The maximum Gasteiger partial charge on any atom is 0.290 e. The lowest BCUT2D eigenvalue weighted by molar-refractivity contribution is -0.122. The van der Waals surface area contributed by atoms with Gasteiger partial charge in [0.2, 0.25) is 0 Å². The second-order valence-corrected chi connectivity index (χ2v) is 4.88. The second kappa shape index (κ2) is 7.38. The second-order valence-electron chi connectivity index (χ2n) is 4.88. The highest BCUT2D eigenvalue weighted by atomic mass is 16.5. The van der Waals surface area contributed by atoms with Crippen molar-refractivity contribution in [2.24, 2.45) is 0 Å². The predicted octanol–water partition coefficient (Wildman–Crippen LogP) is 2.03. The van der Waals surface area contributed by atoms with E-state index < -0.39 is 0 Å². The van der Waals surface area contributed by atoms with Gasteiger partial charge in [0.1, 0.15) is 6.07 Å². The molecule has 1 N–H and O–H groups in total. The molecule has 1 saturated heterocycles. The highest BCUT2D eigenvalue weighted by molar-refractivity contribution is 5.95. The first-order chi connectivity index (χ1) is 10.7. The molecule has 0 spiro atoms. The van der Waals surface area contributed by atoms with Gasteiger partial charge >= 0.3 is 0 Å². The number of benzene rings is 1. The summed E-state index contributed by atoms with van der Waals surface area (Å²) in [6.07, 6.45) is 1.96. The first-order valence-electron chi connectivity index (χ1n) is 6.93. The van der Waals surface area contributed by atoms with E-state index in [-0.39, 0.29) is 12.6 Å². The Hall–Kier alpha value is -2.65. The summed E-state index contributed by atoms with van der Waals surface area (Å²) < 4.78 is 5.58. The Kier molecular flexibility index (Phi) is 5.28. The van der Waals surface area contributed by atoms with E-state index >= 15 is 0 Å². The number of carboxylic acid groups (broad SMARTS) is 1. The Morgan fingerprint density at radius 3 is 2.95 bits per heavy atom. The molecule has 0 bridgehead atoms. The zero-order chi connectivity index (χ0) is 15.9. The Morgan fingerprint density at radius 2 is 2.27 bits per heavy atom. The third kappa shape index (κ3) is 3.32. The van der Waals surface area contributed by atoms with Crippen LogP contribution in [0.4, 0.5) is 5.69 Å². The molecule has 6 heteroatoms. The molecule has 2 heterocycles. The third-order valence-corrected chi connectivity index (χ3v) is 3.45. The van der Waals surface area contributed by atoms with Crippen LogP contribution in [-0.4, -0.2) is 42.4 Å². The van der Waals surface area contributed by atoms with E-state index in [0.29, 0.717) is 5.56 Å². The minimum atomic E-state index is -0.250. The molecule has 1 aliphatic heterocycles. The number of aromatic nitrogens is 1. The highest BCUT2D eigenvalue weighted by Crippen LogP contribution is 2.29. The number of hydrogen-bond donors (Lipinski definition) is 1. The van der Waals surface area contributed by atoms with Gasteiger partial charge in [-0.25, -0.2) is 0 Å². The van der Waals surface area contributed by atoms with Crippen molar-refractivity contribution in [2.75, 3.05) is 24.6 Å². The molecule has 1 aliphatic rings. The van der Waals surface area contributed by atoms with Crippen molar-refractivity contribution in [3.05, 3.63) is 36.0 Å². The topological polar surface area (TPSA) is 86.5 Å². The lowest BCUT2D eigenvalue weighted by Gasteiger charge is -2.33. The van der Waals surface area contributed by atoms with Crippen molar-refractivity contribution in [3.8, 4) is 6.07 Å². The molecular formula is C16H17N3O3. The van der Waals surface area contributed by atoms with Gasteiger partial charge in [-0.1, -0.05) is 0 Å². The molecule has 0 radical (unpaired) electrons. The molecule has 6 nitrogen and oxygen atoms in total. The summed E-state index contributed by atoms with van der Waals surface area (Å²) in [6, 6.07) is 10.0. The van der Waals surface area contributed by atoms with E-state index in [9.17, 15) is 0 Å². The molecule has 2 aromatic rings. The fourth-order valence-corrected chi connectivity index (χ4v) is 2.56. The third-order valence-electron chi connectivity index (χ3n) is 3.45. The summed E-state index contributed by atoms with van der Waals surface area (Å²) in [5, 5.41) is 17.1. The minimum absolute atomic E-state index is 0.233. The predicted molar refractivity (Wildman–Crippen MR) is 82.8 cm³/mol. The van der Waals surface area contributed by atoms with Gasteiger partial charge < -0.3 is 14.7 Å². The molecule has 0 amide bonds. The highest BCUT2D eigenvalue weighted by Gasteiger charge is 2.19. The molecule has 0 aliphatic carbocycles. The lowest BCUT2D eigenvalue weighted by Crippen LogP contribution is -2.41. The van der Waals surface area contributed by atoms with Gasteiger partial charge in [-0.2, -0.15) is 5.26 Å². The Balaban J connectivity index is 0.000000545. The molecule has 1 fully saturated rings. The number of anilines is 1. The maximum atomic E-state index is 9.16. The van der Waals surface area contributed by atoms with Gasteiger partial charge in [-0.05, 0) is 31.2 Å². The minimum Gasteiger partial charge on any atom is -0.483 e. The van der Waals surface area contributed by atoms with E-state index in [1.807, 2.05) is 24.3 Å². The van der Waals surface area contributed by atoms with Gasteiger partial charge in [0.15, 0.2) is 0 Å². The molecule has 1 aromatic carbocycles. The molecule has 0 saturated carbocycles. The van der Waals surface area contributed by atoms with Crippen LogP contribution in [0.15, 0.2) is 30.5 Å². The van der Waals surface area contributed by atoms with Crippen molar-refractivity contribution in [3.63, 3.8) is 0 Å². The van der Waals surface area contributed by atoms with Gasteiger partial charge in [-0.15, -0.1) is 0 Å². The normalized spacial score (nSPS) is 17.3. The van der Waals surface area contributed by atoms with Crippen LogP contribution in [0.5, 0.6) is 0 Å². The number of nitriles is 1. The number of carbonyl (C=O) groups is 1. The summed E-state index contributed by atoms with van der Waals surface area (Å²) in [5.41, 5.74) is 2.54. The van der Waals surface area contributed by atoms with E-state index in [1.54, 1.807) is 6.20 Å². The number of hydrogen-bond acceptors (Lipinski definition) is 5. The number of rotatable bonds is 1. The average Bonchev–Trinajstić information content (AvgIpc) is 2.54. The lowest BCUT2D eigenvalue weighted by atomic mass is 10.1.